The van der Waals surface area contributed by atoms with Crippen molar-refractivity contribution in [2.75, 3.05) is 11.4 Å². The van der Waals surface area contributed by atoms with Gasteiger partial charge in [0.15, 0.2) is 0 Å². The zero-order chi connectivity index (χ0) is 35.2. The van der Waals surface area contributed by atoms with Crippen molar-refractivity contribution in [1.82, 2.24) is 0 Å². The minimum atomic E-state index is -0.278. The summed E-state index contributed by atoms with van der Waals surface area (Å²) in [6.07, 6.45) is 16.2. The van der Waals surface area contributed by atoms with Crippen molar-refractivity contribution in [2.45, 2.75) is 142 Å². The molecule has 264 valence electrons. The van der Waals surface area contributed by atoms with Crippen LogP contribution in [-0.2, 0) is 33.2 Å². The Morgan fingerprint density at radius 2 is 1.64 bits per heavy atom. The highest BCUT2D eigenvalue weighted by Gasteiger charge is 2.48. The summed E-state index contributed by atoms with van der Waals surface area (Å²) in [7, 11) is 0. The average molecular weight is 670 g/mol. The Morgan fingerprint density at radius 1 is 0.880 bits per heavy atom. The second kappa shape index (κ2) is 13.9. The lowest BCUT2D eigenvalue weighted by molar-refractivity contribution is -0.124. The molecule has 0 bridgehead atoms. The summed E-state index contributed by atoms with van der Waals surface area (Å²) in [6.45, 7) is 19.7. The topological polar surface area (TPSA) is 29.5 Å². The van der Waals surface area contributed by atoms with Gasteiger partial charge in [-0.25, -0.2) is 0 Å². The van der Waals surface area contributed by atoms with Crippen LogP contribution in [0.3, 0.4) is 0 Å². The molecule has 5 aliphatic rings. The first-order chi connectivity index (χ1) is 24.1. The Bertz CT molecular complexity index is 1850. The number of benzene rings is 3. The van der Waals surface area contributed by atoms with E-state index in [0.29, 0.717) is 12.2 Å². The van der Waals surface area contributed by atoms with E-state index in [9.17, 15) is 4.79 Å². The molecular weight excluding hydrogens is 611 g/mol. The van der Waals surface area contributed by atoms with Gasteiger partial charge in [-0.05, 0) is 94.8 Å². The monoisotopic (exact) mass is 669 g/mol. The number of carbonyl (C=O) groups excluding carboxylic acids is 1. The molecule has 0 radical (unpaired) electrons. The third kappa shape index (κ3) is 6.12. The van der Waals surface area contributed by atoms with Crippen LogP contribution in [0.4, 0.5) is 5.69 Å². The largest absolute Gasteiger partial charge is 0.365 e. The lowest BCUT2D eigenvalue weighted by atomic mass is 9.70. The van der Waals surface area contributed by atoms with Gasteiger partial charge in [-0.15, -0.1) is 0 Å². The number of unbranched alkanes of at least 4 members (excludes halogenated alkanes) is 3. The first-order valence-electron chi connectivity index (χ1n) is 19.8. The Balaban J connectivity index is 0.000000603. The van der Waals surface area contributed by atoms with Crippen molar-refractivity contribution in [1.29, 1.82) is 0 Å². The smallest absolute Gasteiger partial charge is 0.140 e. The van der Waals surface area contributed by atoms with Gasteiger partial charge in [0.25, 0.3) is 0 Å². The summed E-state index contributed by atoms with van der Waals surface area (Å²) in [4.78, 5) is 15.5. The van der Waals surface area contributed by atoms with E-state index in [2.05, 4.69) is 107 Å². The molecule has 2 aliphatic carbocycles. The predicted octanol–water partition coefficient (Wildman–Crippen LogP) is 11.7. The molecule has 3 nitrogen and oxygen atoms in total. The normalized spacial score (nSPS) is 23.4. The average Bonchev–Trinajstić information content (AvgIpc) is 3.34. The Kier molecular flexibility index (Phi) is 9.76. The van der Waals surface area contributed by atoms with E-state index in [4.69, 9.17) is 11.3 Å². The van der Waals surface area contributed by atoms with Gasteiger partial charge in [-0.1, -0.05) is 129 Å². The Morgan fingerprint density at radius 3 is 2.36 bits per heavy atom. The Labute approximate surface area is 301 Å². The van der Waals surface area contributed by atoms with Gasteiger partial charge in [-0.2, -0.15) is 0 Å². The van der Waals surface area contributed by atoms with Crippen LogP contribution in [0.1, 0.15) is 128 Å². The Hall–Kier alpha value is -3.43. The van der Waals surface area contributed by atoms with Crippen molar-refractivity contribution in [3.63, 3.8) is 0 Å². The lowest BCUT2D eigenvalue weighted by Gasteiger charge is -2.43. The lowest BCUT2D eigenvalue weighted by Crippen LogP contribution is -2.42. The first kappa shape index (κ1) is 35.0. The molecule has 1 fully saturated rings. The quantitative estimate of drug-likeness (QED) is 0.245. The van der Waals surface area contributed by atoms with Gasteiger partial charge in [0.05, 0.1) is 12.2 Å². The summed E-state index contributed by atoms with van der Waals surface area (Å²) >= 11 is 0. The fourth-order valence-electron chi connectivity index (χ4n) is 9.47. The summed E-state index contributed by atoms with van der Waals surface area (Å²) in [6, 6.07) is 20.3. The second-order valence-electron chi connectivity index (χ2n) is 16.7. The van der Waals surface area contributed by atoms with Crippen molar-refractivity contribution >= 4 is 22.2 Å². The van der Waals surface area contributed by atoms with Crippen molar-refractivity contribution < 1.29 is 9.53 Å². The van der Waals surface area contributed by atoms with E-state index in [1.807, 2.05) is 0 Å². The molecule has 2 atom stereocenters. The highest BCUT2D eigenvalue weighted by atomic mass is 16.5. The van der Waals surface area contributed by atoms with Crippen molar-refractivity contribution in [2.24, 2.45) is 5.92 Å². The number of aryl methyl sites for hydroxylation is 1. The highest BCUT2D eigenvalue weighted by Crippen LogP contribution is 2.55. The third-order valence-corrected chi connectivity index (χ3v) is 12.7. The molecule has 0 saturated heterocycles. The van der Waals surface area contributed by atoms with Crippen LogP contribution < -0.4 is 4.90 Å². The van der Waals surface area contributed by atoms with Crippen molar-refractivity contribution in [3.8, 4) is 0 Å². The number of nitrogens with zero attached hydrogens (tertiary/aromatic N) is 1. The molecule has 0 N–H and O–H groups in total. The van der Waals surface area contributed by atoms with Crippen molar-refractivity contribution in [3.05, 3.63) is 112 Å². The third-order valence-electron chi connectivity index (χ3n) is 12.7. The van der Waals surface area contributed by atoms with Crippen LogP contribution >= 0.6 is 0 Å². The summed E-state index contributed by atoms with van der Waals surface area (Å²) < 4.78 is 7.10. The first-order valence-corrected chi connectivity index (χ1v) is 19.8. The van der Waals surface area contributed by atoms with E-state index in [1.165, 1.54) is 82.1 Å². The van der Waals surface area contributed by atoms with Gasteiger partial charge < -0.3 is 9.64 Å². The predicted molar refractivity (Wildman–Crippen MR) is 210 cm³/mol. The van der Waals surface area contributed by atoms with Crippen LogP contribution in [0.15, 0.2) is 89.7 Å². The van der Waals surface area contributed by atoms with E-state index in [1.54, 1.807) is 0 Å². The summed E-state index contributed by atoms with van der Waals surface area (Å²) in [5.74, 6) is 0.684. The molecule has 3 aromatic carbocycles. The van der Waals surface area contributed by atoms with Gasteiger partial charge in [-0.3, -0.25) is 4.79 Å². The second-order valence-corrected chi connectivity index (χ2v) is 16.7. The number of hydrogen-bond donors (Lipinski definition) is 0. The molecule has 0 spiro atoms. The molecule has 2 unspecified atom stereocenters. The van der Waals surface area contributed by atoms with E-state index < -0.39 is 0 Å². The van der Waals surface area contributed by atoms with Gasteiger partial charge in [0.1, 0.15) is 5.78 Å². The number of ether oxygens (including phenoxy) is 1. The number of anilines is 1. The van der Waals surface area contributed by atoms with E-state index in [0.717, 1.165) is 56.2 Å². The molecule has 3 heteroatoms. The van der Waals surface area contributed by atoms with Gasteiger partial charge >= 0.3 is 0 Å². The maximum Gasteiger partial charge on any atom is 0.140 e. The maximum atomic E-state index is 12.9. The van der Waals surface area contributed by atoms with Crippen LogP contribution in [0.5, 0.6) is 0 Å². The van der Waals surface area contributed by atoms with Crippen LogP contribution in [0.25, 0.3) is 10.8 Å². The molecule has 3 aromatic rings. The summed E-state index contributed by atoms with van der Waals surface area (Å²) in [5, 5.41) is 2.66. The molecule has 3 heterocycles. The number of hydrogen-bond acceptors (Lipinski definition) is 3. The number of fused-ring (bicyclic) bond motifs is 8. The number of rotatable bonds is 6. The van der Waals surface area contributed by atoms with Gasteiger partial charge in [0, 0.05) is 46.7 Å². The molecule has 3 aliphatic heterocycles. The molecular formula is C47H59NO2. The maximum absolute atomic E-state index is 12.9. The highest BCUT2D eigenvalue weighted by molar-refractivity contribution is 5.95. The minimum absolute atomic E-state index is 0.0596. The minimum Gasteiger partial charge on any atom is -0.365 e. The molecule has 1 saturated carbocycles. The number of ketones is 1. The summed E-state index contributed by atoms with van der Waals surface area (Å²) in [5.41, 5.74) is 11.4. The molecule has 0 amide bonds. The number of allylic oxidation sites excluding steroid dienone is 1. The van der Waals surface area contributed by atoms with Crippen LogP contribution in [-0.4, -0.2) is 24.5 Å². The standard InChI is InChI=1S/C41H45NO2.C6H14/c1-25-31-24-32-37(20-21-42-34-19-18-27-10-6-7-14-30(27)38(34)41(4,5)39(32)42)44-36(31)15-9-11-28-17-16-26(22-33(28)40(25,2)3)23-35(43)29-12-8-13-29;1-3-5-6-4-2/h6-7,10,14,16-19,22,24,29,36-37H,1,8-9,11-13,15,20-21,23H2,2-5H3;3-6H2,1-2H3. The SMILES string of the molecule is C=C1C2=CC3=C4N(CCC3OC2CCCc2ccc(CC(=O)C3CCC3)cc2C1(C)C)c1ccc2ccccc2c1C4(C)C.CCCCCC. The van der Waals surface area contributed by atoms with E-state index in [-0.39, 0.29) is 29.0 Å². The zero-order valence-electron chi connectivity index (χ0n) is 31.7. The number of carbonyl (C=O) groups is 1. The molecule has 0 aromatic heterocycles. The van der Waals surface area contributed by atoms with Crippen LogP contribution in [0.2, 0.25) is 0 Å². The molecule has 8 rings (SSSR count). The van der Waals surface area contributed by atoms with Crippen LogP contribution in [0, 0.1) is 5.92 Å². The van der Waals surface area contributed by atoms with E-state index >= 15 is 0 Å². The number of Topliss-reactive ketones (excluding diaryl/α,β-unsaturated/α-hetero) is 1. The molecule has 50 heavy (non-hydrogen) atoms. The fraction of sp³-hybridized carbons (Fsp3) is 0.511. The fourth-order valence-corrected chi connectivity index (χ4v) is 9.47. The van der Waals surface area contributed by atoms with Gasteiger partial charge in [0.2, 0.25) is 0 Å². The zero-order valence-corrected chi connectivity index (χ0v) is 31.7.